The van der Waals surface area contributed by atoms with Gasteiger partial charge in [0.05, 0.1) is 18.6 Å². The second-order valence-electron chi connectivity index (χ2n) is 6.90. The Morgan fingerprint density at radius 3 is 2.08 bits per heavy atom. The molecule has 3 rings (SSSR count). The summed E-state index contributed by atoms with van der Waals surface area (Å²) in [6.45, 7) is 2.09. The van der Waals surface area contributed by atoms with E-state index in [0.717, 1.165) is 25.7 Å². The molecule has 2 aromatic rings. The van der Waals surface area contributed by atoms with Crippen molar-refractivity contribution in [2.75, 3.05) is 7.11 Å². The Morgan fingerprint density at radius 2 is 1.50 bits per heavy atom. The molecule has 0 atom stereocenters. The number of ether oxygens (including phenoxy) is 2. The lowest BCUT2D eigenvalue weighted by Gasteiger charge is -2.27. The molecular weight excluding hydrogens is 328 g/mol. The number of rotatable bonds is 4. The highest BCUT2D eigenvalue weighted by atomic mass is 16.5. The van der Waals surface area contributed by atoms with E-state index in [4.69, 9.17) is 4.74 Å². The van der Waals surface area contributed by atoms with Crippen molar-refractivity contribution in [2.45, 2.75) is 38.5 Å². The van der Waals surface area contributed by atoms with Crippen LogP contribution in [0.5, 0.6) is 5.75 Å². The SMILES string of the molecule is COC(=O)c1ccc(OC(=O)C2CCC(c3ccc(C)cc3)CC2)cc1. The Hall–Kier alpha value is -2.62. The minimum absolute atomic E-state index is 0.0584. The summed E-state index contributed by atoms with van der Waals surface area (Å²) in [6.07, 6.45) is 3.70. The normalized spacial score (nSPS) is 19.6. The molecular formula is C22H24O4. The van der Waals surface area contributed by atoms with Gasteiger partial charge in [-0.15, -0.1) is 0 Å². The van der Waals surface area contributed by atoms with Crippen LogP contribution in [0.15, 0.2) is 48.5 Å². The molecule has 0 amide bonds. The van der Waals surface area contributed by atoms with E-state index in [1.54, 1.807) is 24.3 Å². The van der Waals surface area contributed by atoms with Crippen LogP contribution in [0.25, 0.3) is 0 Å². The Labute approximate surface area is 154 Å². The highest BCUT2D eigenvalue weighted by Crippen LogP contribution is 2.36. The quantitative estimate of drug-likeness (QED) is 0.593. The summed E-state index contributed by atoms with van der Waals surface area (Å²) in [5.41, 5.74) is 3.07. The Bertz CT molecular complexity index is 754. The number of aryl methyl sites for hydroxylation is 1. The molecule has 4 heteroatoms. The maximum atomic E-state index is 12.4. The Kier molecular flexibility index (Phi) is 5.71. The maximum Gasteiger partial charge on any atom is 0.337 e. The molecule has 0 aliphatic heterocycles. The van der Waals surface area contributed by atoms with Crippen LogP contribution in [-0.2, 0) is 9.53 Å². The standard InChI is InChI=1S/C22H24O4/c1-15-3-5-16(6-4-15)17-7-9-19(10-8-17)22(24)26-20-13-11-18(12-14-20)21(23)25-2/h3-6,11-14,17,19H,7-10H2,1-2H3. The third-order valence-corrected chi connectivity index (χ3v) is 5.10. The number of benzene rings is 2. The van der Waals surface area contributed by atoms with Crippen LogP contribution in [0.2, 0.25) is 0 Å². The van der Waals surface area contributed by atoms with Crippen LogP contribution in [0.3, 0.4) is 0 Å². The molecule has 0 radical (unpaired) electrons. The first-order valence-corrected chi connectivity index (χ1v) is 9.03. The Morgan fingerprint density at radius 1 is 0.885 bits per heavy atom. The zero-order valence-electron chi connectivity index (χ0n) is 15.2. The molecule has 1 saturated carbocycles. The average Bonchev–Trinajstić information content (AvgIpc) is 2.68. The van der Waals surface area contributed by atoms with Gasteiger partial charge in [0.25, 0.3) is 0 Å². The lowest BCUT2D eigenvalue weighted by Crippen LogP contribution is -2.25. The predicted octanol–water partition coefficient (Wildman–Crippen LogP) is 4.66. The van der Waals surface area contributed by atoms with Crippen molar-refractivity contribution in [3.8, 4) is 5.75 Å². The lowest BCUT2D eigenvalue weighted by molar-refractivity contribution is -0.140. The van der Waals surface area contributed by atoms with Gasteiger partial charge in [0, 0.05) is 0 Å². The third-order valence-electron chi connectivity index (χ3n) is 5.10. The molecule has 136 valence electrons. The summed E-state index contributed by atoms with van der Waals surface area (Å²) in [5, 5.41) is 0. The number of esters is 2. The highest BCUT2D eigenvalue weighted by Gasteiger charge is 2.28. The predicted molar refractivity (Wildman–Crippen MR) is 99.3 cm³/mol. The first-order chi connectivity index (χ1) is 12.6. The van der Waals surface area contributed by atoms with Crippen LogP contribution < -0.4 is 4.74 Å². The van der Waals surface area contributed by atoms with Crippen LogP contribution in [0.4, 0.5) is 0 Å². The number of carbonyl (C=O) groups excluding carboxylic acids is 2. The van der Waals surface area contributed by atoms with E-state index in [1.165, 1.54) is 18.2 Å². The number of hydrogen-bond donors (Lipinski definition) is 0. The van der Waals surface area contributed by atoms with Gasteiger partial charge in [-0.3, -0.25) is 4.79 Å². The van der Waals surface area contributed by atoms with Crippen molar-refractivity contribution in [3.63, 3.8) is 0 Å². The molecule has 26 heavy (non-hydrogen) atoms. The van der Waals surface area contributed by atoms with Gasteiger partial charge in [-0.25, -0.2) is 4.79 Å². The fourth-order valence-electron chi connectivity index (χ4n) is 3.48. The molecule has 0 saturated heterocycles. The molecule has 1 aliphatic rings. The van der Waals surface area contributed by atoms with E-state index in [0.29, 0.717) is 17.2 Å². The van der Waals surface area contributed by atoms with Crippen molar-refractivity contribution < 1.29 is 19.1 Å². The highest BCUT2D eigenvalue weighted by molar-refractivity contribution is 5.89. The molecule has 1 aliphatic carbocycles. The topological polar surface area (TPSA) is 52.6 Å². The van der Waals surface area contributed by atoms with Gasteiger partial charge in [-0.2, -0.15) is 0 Å². The van der Waals surface area contributed by atoms with Gasteiger partial charge in [0.15, 0.2) is 0 Å². The van der Waals surface area contributed by atoms with E-state index in [9.17, 15) is 9.59 Å². The van der Waals surface area contributed by atoms with Gasteiger partial charge in [-0.05, 0) is 68.4 Å². The number of methoxy groups -OCH3 is 1. The molecule has 0 spiro atoms. The molecule has 0 heterocycles. The zero-order chi connectivity index (χ0) is 18.5. The summed E-state index contributed by atoms with van der Waals surface area (Å²) in [7, 11) is 1.34. The average molecular weight is 352 g/mol. The van der Waals surface area contributed by atoms with Crippen molar-refractivity contribution in [3.05, 3.63) is 65.2 Å². The summed E-state index contributed by atoms with van der Waals surface area (Å²) < 4.78 is 10.1. The van der Waals surface area contributed by atoms with Crippen molar-refractivity contribution in [1.29, 1.82) is 0 Å². The smallest absolute Gasteiger partial charge is 0.337 e. The fraction of sp³-hybridized carbons (Fsp3) is 0.364. The summed E-state index contributed by atoms with van der Waals surface area (Å²) in [6, 6.07) is 15.1. The number of hydrogen-bond acceptors (Lipinski definition) is 4. The molecule has 2 aromatic carbocycles. The van der Waals surface area contributed by atoms with E-state index in [1.807, 2.05) is 0 Å². The molecule has 4 nitrogen and oxygen atoms in total. The monoisotopic (exact) mass is 352 g/mol. The minimum atomic E-state index is -0.405. The van der Waals surface area contributed by atoms with Crippen LogP contribution >= 0.6 is 0 Å². The second kappa shape index (κ2) is 8.17. The summed E-state index contributed by atoms with van der Waals surface area (Å²) >= 11 is 0. The van der Waals surface area contributed by atoms with Gasteiger partial charge in [0.1, 0.15) is 5.75 Å². The van der Waals surface area contributed by atoms with E-state index in [2.05, 4.69) is 35.9 Å². The molecule has 1 fully saturated rings. The van der Waals surface area contributed by atoms with Crippen molar-refractivity contribution in [2.24, 2.45) is 5.92 Å². The van der Waals surface area contributed by atoms with Gasteiger partial charge >= 0.3 is 11.9 Å². The molecule has 0 aromatic heterocycles. The first kappa shape index (κ1) is 18.2. The summed E-state index contributed by atoms with van der Waals surface area (Å²) in [5.74, 6) is 0.342. The zero-order valence-corrected chi connectivity index (χ0v) is 15.2. The van der Waals surface area contributed by atoms with Gasteiger partial charge < -0.3 is 9.47 Å². The van der Waals surface area contributed by atoms with Crippen LogP contribution in [0, 0.1) is 12.8 Å². The molecule has 0 bridgehead atoms. The number of carbonyl (C=O) groups is 2. The third kappa shape index (κ3) is 4.31. The molecule has 0 N–H and O–H groups in total. The maximum absolute atomic E-state index is 12.4. The lowest BCUT2D eigenvalue weighted by atomic mass is 9.78. The van der Waals surface area contributed by atoms with Crippen molar-refractivity contribution in [1.82, 2.24) is 0 Å². The van der Waals surface area contributed by atoms with Gasteiger partial charge in [0.2, 0.25) is 0 Å². The van der Waals surface area contributed by atoms with Gasteiger partial charge in [-0.1, -0.05) is 29.8 Å². The van der Waals surface area contributed by atoms with E-state index >= 15 is 0 Å². The Balaban J connectivity index is 1.53. The second-order valence-corrected chi connectivity index (χ2v) is 6.90. The largest absolute Gasteiger partial charge is 0.465 e. The van der Waals surface area contributed by atoms with E-state index in [-0.39, 0.29) is 11.9 Å². The van der Waals surface area contributed by atoms with Crippen molar-refractivity contribution >= 4 is 11.9 Å². The fourth-order valence-corrected chi connectivity index (χ4v) is 3.48. The minimum Gasteiger partial charge on any atom is -0.465 e. The van der Waals surface area contributed by atoms with Crippen LogP contribution in [0.1, 0.15) is 53.1 Å². The van der Waals surface area contributed by atoms with E-state index < -0.39 is 5.97 Å². The molecule has 0 unspecified atom stereocenters. The first-order valence-electron chi connectivity index (χ1n) is 9.03. The van der Waals surface area contributed by atoms with Crippen LogP contribution in [-0.4, -0.2) is 19.0 Å². The summed E-state index contributed by atoms with van der Waals surface area (Å²) in [4.78, 5) is 23.8.